The Morgan fingerprint density at radius 1 is 1.29 bits per heavy atom. The summed E-state index contributed by atoms with van der Waals surface area (Å²) in [5.74, 6) is 0. The molecule has 2 saturated heterocycles. The van der Waals surface area contributed by atoms with Crippen molar-refractivity contribution in [3.05, 3.63) is 30.1 Å². The molecule has 1 atom stereocenters. The zero-order chi connectivity index (χ0) is 14.8. The Kier molecular flexibility index (Phi) is 3.64. The minimum absolute atomic E-state index is 0.0157. The van der Waals surface area contributed by atoms with Gasteiger partial charge in [-0.2, -0.15) is 0 Å². The second-order valence-corrected chi connectivity index (χ2v) is 5.44. The Bertz CT molecular complexity index is 528. The maximum Gasteiger partial charge on any atom is 0.407 e. The molecular formula is C14H18N4O3. The average Bonchev–Trinajstić information content (AvgIpc) is 2.90. The smallest absolute Gasteiger partial charge is 0.407 e. The van der Waals surface area contributed by atoms with Crippen molar-refractivity contribution in [1.29, 1.82) is 0 Å². The molecule has 0 spiro atoms. The van der Waals surface area contributed by atoms with Crippen molar-refractivity contribution in [2.75, 3.05) is 19.6 Å². The number of pyridine rings is 1. The van der Waals surface area contributed by atoms with Gasteiger partial charge < -0.3 is 20.2 Å². The van der Waals surface area contributed by atoms with Gasteiger partial charge in [0.1, 0.15) is 0 Å². The number of carboxylic acid groups (broad SMARTS) is 1. The normalized spacial score (nSPS) is 23.2. The van der Waals surface area contributed by atoms with Gasteiger partial charge in [-0.25, -0.2) is 9.59 Å². The first-order chi connectivity index (χ1) is 10.1. The number of piperidine rings is 1. The molecule has 3 heterocycles. The standard InChI is InChI=1S/C14H18N4O3/c19-13-16-12(10-1-5-15-6-2-10)9-18(13)11-3-7-17(8-4-11)14(20)21/h1-2,5-6,11-12H,3-4,7-9H2,(H,16,19)(H,20,21). The predicted molar refractivity (Wildman–Crippen MR) is 74.8 cm³/mol. The maximum atomic E-state index is 12.1. The van der Waals surface area contributed by atoms with Gasteiger partial charge in [0.15, 0.2) is 0 Å². The number of urea groups is 1. The molecular weight excluding hydrogens is 272 g/mol. The zero-order valence-electron chi connectivity index (χ0n) is 11.6. The van der Waals surface area contributed by atoms with Crippen LogP contribution >= 0.6 is 0 Å². The lowest BCUT2D eigenvalue weighted by molar-refractivity contribution is 0.111. The Morgan fingerprint density at radius 2 is 1.95 bits per heavy atom. The van der Waals surface area contributed by atoms with Crippen LogP contribution in [0.4, 0.5) is 9.59 Å². The highest BCUT2D eigenvalue weighted by Gasteiger charge is 2.36. The summed E-state index contributed by atoms with van der Waals surface area (Å²) in [6.45, 7) is 1.61. The van der Waals surface area contributed by atoms with E-state index >= 15 is 0 Å². The Hall–Kier alpha value is -2.31. The fourth-order valence-electron chi connectivity index (χ4n) is 3.03. The average molecular weight is 290 g/mol. The van der Waals surface area contributed by atoms with E-state index in [1.165, 1.54) is 4.90 Å². The molecule has 0 aromatic carbocycles. The third-order valence-corrected chi connectivity index (χ3v) is 4.22. The number of aromatic nitrogens is 1. The van der Waals surface area contributed by atoms with Crippen molar-refractivity contribution in [1.82, 2.24) is 20.1 Å². The number of nitrogens with one attached hydrogen (secondary N) is 1. The number of nitrogens with zero attached hydrogens (tertiary/aromatic N) is 3. The van der Waals surface area contributed by atoms with Crippen LogP contribution in [0, 0.1) is 0 Å². The van der Waals surface area contributed by atoms with Crippen LogP contribution in [0.1, 0.15) is 24.4 Å². The van der Waals surface area contributed by atoms with E-state index in [1.54, 1.807) is 12.4 Å². The monoisotopic (exact) mass is 290 g/mol. The Morgan fingerprint density at radius 3 is 2.57 bits per heavy atom. The van der Waals surface area contributed by atoms with Gasteiger partial charge in [-0.3, -0.25) is 4.98 Å². The molecule has 0 aliphatic carbocycles. The summed E-state index contributed by atoms with van der Waals surface area (Å²) in [7, 11) is 0. The number of carbonyl (C=O) groups is 2. The summed E-state index contributed by atoms with van der Waals surface area (Å²) < 4.78 is 0. The molecule has 0 saturated carbocycles. The molecule has 0 radical (unpaired) electrons. The van der Waals surface area contributed by atoms with Crippen LogP contribution < -0.4 is 5.32 Å². The first-order valence-corrected chi connectivity index (χ1v) is 7.10. The molecule has 3 rings (SSSR count). The molecule has 0 bridgehead atoms. The first kappa shape index (κ1) is 13.7. The molecule has 112 valence electrons. The number of amides is 3. The Labute approximate surface area is 122 Å². The van der Waals surface area contributed by atoms with Gasteiger partial charge in [-0.1, -0.05) is 0 Å². The quantitative estimate of drug-likeness (QED) is 0.859. The number of carbonyl (C=O) groups excluding carboxylic acids is 1. The topological polar surface area (TPSA) is 85.8 Å². The van der Waals surface area contributed by atoms with Crippen molar-refractivity contribution < 1.29 is 14.7 Å². The fraction of sp³-hybridized carbons (Fsp3) is 0.500. The van der Waals surface area contributed by atoms with Crippen molar-refractivity contribution in [2.24, 2.45) is 0 Å². The van der Waals surface area contributed by atoms with Gasteiger partial charge in [-0.05, 0) is 30.5 Å². The predicted octanol–water partition coefficient (Wildman–Crippen LogP) is 1.29. The van der Waals surface area contributed by atoms with Crippen molar-refractivity contribution in [2.45, 2.75) is 24.9 Å². The van der Waals surface area contributed by atoms with Crippen molar-refractivity contribution in [3.8, 4) is 0 Å². The molecule has 2 fully saturated rings. The molecule has 1 aromatic rings. The highest BCUT2D eigenvalue weighted by molar-refractivity contribution is 5.77. The van der Waals surface area contributed by atoms with Crippen molar-refractivity contribution >= 4 is 12.1 Å². The number of likely N-dealkylation sites (tertiary alicyclic amines) is 1. The second-order valence-electron chi connectivity index (χ2n) is 5.44. The number of rotatable bonds is 2. The van der Waals surface area contributed by atoms with Crippen LogP contribution in [-0.2, 0) is 0 Å². The lowest BCUT2D eigenvalue weighted by Crippen LogP contribution is -2.47. The highest BCUT2D eigenvalue weighted by Crippen LogP contribution is 2.25. The third kappa shape index (κ3) is 2.76. The van der Waals surface area contributed by atoms with E-state index in [1.807, 2.05) is 17.0 Å². The van der Waals surface area contributed by atoms with E-state index < -0.39 is 6.09 Å². The van der Waals surface area contributed by atoms with E-state index in [9.17, 15) is 9.59 Å². The first-order valence-electron chi connectivity index (χ1n) is 7.10. The fourth-order valence-corrected chi connectivity index (χ4v) is 3.03. The largest absolute Gasteiger partial charge is 0.465 e. The summed E-state index contributed by atoms with van der Waals surface area (Å²) in [6, 6.07) is 3.85. The molecule has 21 heavy (non-hydrogen) atoms. The highest BCUT2D eigenvalue weighted by atomic mass is 16.4. The molecule has 2 N–H and O–H groups in total. The van der Waals surface area contributed by atoms with Gasteiger partial charge in [0.2, 0.25) is 0 Å². The molecule has 3 amide bonds. The van der Waals surface area contributed by atoms with Gasteiger partial charge in [-0.15, -0.1) is 0 Å². The summed E-state index contributed by atoms with van der Waals surface area (Å²) in [4.78, 5) is 30.3. The van der Waals surface area contributed by atoms with E-state index in [2.05, 4.69) is 10.3 Å². The van der Waals surface area contributed by atoms with Crippen molar-refractivity contribution in [3.63, 3.8) is 0 Å². The van der Waals surface area contributed by atoms with E-state index in [4.69, 9.17) is 5.11 Å². The Balaban J connectivity index is 1.63. The SMILES string of the molecule is O=C(O)N1CCC(N2CC(c3ccncc3)NC2=O)CC1. The minimum Gasteiger partial charge on any atom is -0.465 e. The number of hydrogen-bond acceptors (Lipinski definition) is 3. The van der Waals surface area contributed by atoms with E-state index in [-0.39, 0.29) is 18.1 Å². The maximum absolute atomic E-state index is 12.1. The lowest BCUT2D eigenvalue weighted by atomic mass is 10.0. The van der Waals surface area contributed by atoms with Gasteiger partial charge in [0, 0.05) is 38.1 Å². The number of hydrogen-bond donors (Lipinski definition) is 2. The van der Waals surface area contributed by atoms with Gasteiger partial charge in [0.25, 0.3) is 0 Å². The molecule has 1 aromatic heterocycles. The van der Waals surface area contributed by atoms with E-state index in [0.29, 0.717) is 32.5 Å². The van der Waals surface area contributed by atoms with Crippen LogP contribution in [0.5, 0.6) is 0 Å². The molecule has 7 nitrogen and oxygen atoms in total. The van der Waals surface area contributed by atoms with Crippen LogP contribution in [0.15, 0.2) is 24.5 Å². The second kappa shape index (κ2) is 5.59. The van der Waals surface area contributed by atoms with Crippen LogP contribution in [-0.4, -0.2) is 57.7 Å². The van der Waals surface area contributed by atoms with Crippen LogP contribution in [0.3, 0.4) is 0 Å². The molecule has 2 aliphatic heterocycles. The van der Waals surface area contributed by atoms with Crippen LogP contribution in [0.25, 0.3) is 0 Å². The third-order valence-electron chi connectivity index (χ3n) is 4.22. The minimum atomic E-state index is -0.881. The summed E-state index contributed by atoms with van der Waals surface area (Å²) in [5.41, 5.74) is 1.05. The summed E-state index contributed by atoms with van der Waals surface area (Å²) >= 11 is 0. The summed E-state index contributed by atoms with van der Waals surface area (Å²) in [6.07, 6.45) is 3.95. The van der Waals surface area contributed by atoms with E-state index in [0.717, 1.165) is 5.56 Å². The van der Waals surface area contributed by atoms with Gasteiger partial charge in [0.05, 0.1) is 6.04 Å². The molecule has 1 unspecified atom stereocenters. The van der Waals surface area contributed by atoms with Gasteiger partial charge >= 0.3 is 12.1 Å². The molecule has 7 heteroatoms. The summed E-state index contributed by atoms with van der Waals surface area (Å²) in [5, 5.41) is 11.9. The lowest BCUT2D eigenvalue weighted by Gasteiger charge is -2.34. The van der Waals surface area contributed by atoms with Crippen LogP contribution in [0.2, 0.25) is 0 Å². The zero-order valence-corrected chi connectivity index (χ0v) is 11.6. The molecule has 2 aliphatic rings.